The Morgan fingerprint density at radius 2 is 1.78 bits per heavy atom. The second kappa shape index (κ2) is 10.8. The summed E-state index contributed by atoms with van der Waals surface area (Å²) in [7, 11) is -2.86. The number of alkyl halides is 3. The zero-order valence-corrected chi connectivity index (χ0v) is 17.3. The minimum Gasteiger partial charge on any atom is -0.484 e. The van der Waals surface area contributed by atoms with E-state index < -0.39 is 34.8 Å². The molecule has 0 unspecified atom stereocenters. The van der Waals surface area contributed by atoms with Crippen molar-refractivity contribution in [3.63, 3.8) is 0 Å². The van der Waals surface area contributed by atoms with E-state index in [4.69, 9.17) is 9.47 Å². The summed E-state index contributed by atoms with van der Waals surface area (Å²) < 4.78 is 77.0. The first-order valence-corrected chi connectivity index (χ1v) is 10.3. The van der Waals surface area contributed by atoms with E-state index in [2.05, 4.69) is 15.0 Å². The number of hydrogen-bond donors (Lipinski definition) is 2. The summed E-state index contributed by atoms with van der Waals surface area (Å²) in [5.41, 5.74) is -0.147. The van der Waals surface area contributed by atoms with Gasteiger partial charge in [-0.2, -0.15) is 13.2 Å². The highest BCUT2D eigenvalue weighted by Gasteiger charge is 2.28. The molecule has 32 heavy (non-hydrogen) atoms. The number of methoxy groups -OCH3 is 1. The van der Waals surface area contributed by atoms with Crippen molar-refractivity contribution in [2.45, 2.75) is 11.1 Å². The molecule has 1 aromatic carbocycles. The average molecular weight is 477 g/mol. The van der Waals surface area contributed by atoms with Gasteiger partial charge in [-0.15, -0.1) is 0 Å². The Morgan fingerprint density at radius 3 is 2.34 bits per heavy atom. The number of benzene rings is 1. The van der Waals surface area contributed by atoms with Crippen LogP contribution in [0.5, 0.6) is 11.6 Å². The molecule has 0 aliphatic heterocycles. The minimum atomic E-state index is -4.54. The summed E-state index contributed by atoms with van der Waals surface area (Å²) in [5.74, 6) is -1.35. The van der Waals surface area contributed by atoms with Gasteiger partial charge in [0.15, 0.2) is 6.61 Å². The Balaban J connectivity index is 1.96. The second-order valence-electron chi connectivity index (χ2n) is 6.00. The molecule has 2 rings (SSSR count). The number of carbonyl (C=O) groups excluding carboxylic acids is 2. The van der Waals surface area contributed by atoms with Crippen LogP contribution in [-0.2, 0) is 14.8 Å². The van der Waals surface area contributed by atoms with Crippen LogP contribution in [0.25, 0.3) is 0 Å². The molecule has 1 aromatic heterocycles. The van der Waals surface area contributed by atoms with Crippen molar-refractivity contribution in [1.29, 1.82) is 0 Å². The smallest absolute Gasteiger partial charge is 0.422 e. The van der Waals surface area contributed by atoms with E-state index in [-0.39, 0.29) is 35.2 Å². The monoisotopic (exact) mass is 477 g/mol. The summed E-state index contributed by atoms with van der Waals surface area (Å²) in [5, 5.41) is 2.39. The Kier molecular flexibility index (Phi) is 8.37. The van der Waals surface area contributed by atoms with Crippen LogP contribution in [0.3, 0.4) is 0 Å². The van der Waals surface area contributed by atoms with Crippen molar-refractivity contribution in [2.24, 2.45) is 0 Å². The van der Waals surface area contributed by atoms with Gasteiger partial charge in [-0.1, -0.05) is 0 Å². The molecule has 0 bridgehead atoms. The molecule has 0 saturated carbocycles. The molecule has 2 amide bonds. The fraction of sp³-hybridized carbons (Fsp3) is 0.278. The number of carbonyl (C=O) groups is 2. The number of sulfonamides is 1. The molecule has 0 spiro atoms. The molecule has 14 heteroatoms. The van der Waals surface area contributed by atoms with Crippen LogP contribution in [0, 0.1) is 0 Å². The molecule has 0 atom stereocenters. The maximum absolute atomic E-state index is 12.3. The molecular weight excluding hydrogens is 459 g/mol. The molecular formula is C18H18F3N3O7S. The van der Waals surface area contributed by atoms with Crippen LogP contribution in [0.15, 0.2) is 47.5 Å². The molecule has 174 valence electrons. The third-order valence-electron chi connectivity index (χ3n) is 3.53. The quantitative estimate of drug-likeness (QED) is 0.523. The lowest BCUT2D eigenvalue weighted by Gasteiger charge is -2.10. The largest absolute Gasteiger partial charge is 0.484 e. The van der Waals surface area contributed by atoms with Crippen molar-refractivity contribution in [3.05, 3.63) is 48.2 Å². The number of nitrogens with one attached hydrogen (secondary N) is 2. The van der Waals surface area contributed by atoms with E-state index in [0.29, 0.717) is 0 Å². The Morgan fingerprint density at radius 1 is 1.09 bits per heavy atom. The molecule has 0 saturated heterocycles. The molecule has 1 heterocycles. The van der Waals surface area contributed by atoms with E-state index in [1.807, 2.05) is 0 Å². The van der Waals surface area contributed by atoms with E-state index in [0.717, 1.165) is 30.5 Å². The lowest BCUT2D eigenvalue weighted by atomic mass is 10.3. The lowest BCUT2D eigenvalue weighted by Crippen LogP contribution is -2.31. The molecule has 10 nitrogen and oxygen atoms in total. The van der Waals surface area contributed by atoms with Crippen LogP contribution in [-0.4, -0.2) is 58.4 Å². The van der Waals surface area contributed by atoms with Gasteiger partial charge in [0.05, 0.1) is 17.1 Å². The first-order chi connectivity index (χ1) is 15.0. The lowest BCUT2D eigenvalue weighted by molar-refractivity contribution is -0.153. The van der Waals surface area contributed by atoms with Gasteiger partial charge >= 0.3 is 12.3 Å². The summed E-state index contributed by atoms with van der Waals surface area (Å²) in [6, 6.07) is 6.39. The number of amides is 2. The van der Waals surface area contributed by atoms with Crippen LogP contribution in [0.1, 0.15) is 10.4 Å². The van der Waals surface area contributed by atoms with E-state index in [1.54, 1.807) is 4.72 Å². The van der Waals surface area contributed by atoms with Crippen LogP contribution < -0.4 is 19.5 Å². The highest BCUT2D eigenvalue weighted by molar-refractivity contribution is 7.90. The normalized spacial score (nSPS) is 11.5. The molecule has 0 aliphatic carbocycles. The van der Waals surface area contributed by atoms with Gasteiger partial charge in [0.1, 0.15) is 5.75 Å². The van der Waals surface area contributed by atoms with Crippen molar-refractivity contribution < 1.29 is 45.4 Å². The highest BCUT2D eigenvalue weighted by Crippen LogP contribution is 2.20. The summed E-state index contributed by atoms with van der Waals surface area (Å²) in [6.07, 6.45) is -4.34. The Bertz CT molecular complexity index is 1030. The second-order valence-corrected chi connectivity index (χ2v) is 7.69. The number of halogens is 3. The zero-order chi connectivity index (χ0) is 23.8. The molecule has 0 fully saturated rings. The summed E-state index contributed by atoms with van der Waals surface area (Å²) >= 11 is 0. The first-order valence-electron chi connectivity index (χ1n) is 8.77. The number of pyridine rings is 1. The molecule has 2 aromatic rings. The highest BCUT2D eigenvalue weighted by atomic mass is 32.2. The number of aromatic nitrogens is 1. The Hall–Kier alpha value is -3.39. The van der Waals surface area contributed by atoms with Gasteiger partial charge in [-0.05, 0) is 30.3 Å². The van der Waals surface area contributed by atoms with E-state index in [1.165, 1.54) is 19.2 Å². The summed E-state index contributed by atoms with van der Waals surface area (Å²) in [4.78, 5) is 27.1. The van der Waals surface area contributed by atoms with Gasteiger partial charge in [0, 0.05) is 25.9 Å². The van der Waals surface area contributed by atoms with E-state index >= 15 is 0 Å². The Labute approximate surface area is 180 Å². The molecule has 0 radical (unpaired) electrons. The van der Waals surface area contributed by atoms with Crippen LogP contribution >= 0.6 is 0 Å². The van der Waals surface area contributed by atoms with Crippen molar-refractivity contribution >= 4 is 22.0 Å². The molecule has 0 aliphatic rings. The predicted octanol–water partition coefficient (Wildman–Crippen LogP) is 1.88. The zero-order valence-electron chi connectivity index (χ0n) is 16.5. The van der Waals surface area contributed by atoms with Gasteiger partial charge in [0.25, 0.3) is 15.9 Å². The average Bonchev–Trinajstić information content (AvgIpc) is 2.72. The SMILES string of the molecule is COCCNC(=O)Oc1ccc(C(=O)NS(=O)(=O)c2ccc(OCC(F)(F)F)cc2)cn1. The molecule has 2 N–H and O–H groups in total. The summed E-state index contributed by atoms with van der Waals surface area (Å²) in [6.45, 7) is -1.04. The van der Waals surface area contributed by atoms with Gasteiger partial charge in [0.2, 0.25) is 5.88 Å². The number of nitrogens with zero attached hydrogens (tertiary/aromatic N) is 1. The number of rotatable bonds is 9. The number of ether oxygens (including phenoxy) is 3. The van der Waals surface area contributed by atoms with Gasteiger partial charge < -0.3 is 19.5 Å². The standard InChI is InChI=1S/C18H18F3N3O7S/c1-29-9-8-22-17(26)31-15-7-2-12(10-23-15)16(25)24-32(27,28)14-5-3-13(4-6-14)30-11-18(19,20)21/h2-7,10H,8-9,11H2,1H3,(H,22,26)(H,24,25). The van der Waals surface area contributed by atoms with Crippen molar-refractivity contribution in [3.8, 4) is 11.6 Å². The fourth-order valence-corrected chi connectivity index (χ4v) is 3.06. The third-order valence-corrected chi connectivity index (χ3v) is 4.88. The maximum atomic E-state index is 12.3. The van der Waals surface area contributed by atoms with Crippen molar-refractivity contribution in [2.75, 3.05) is 26.9 Å². The third kappa shape index (κ3) is 8.03. The van der Waals surface area contributed by atoms with E-state index in [9.17, 15) is 31.2 Å². The maximum Gasteiger partial charge on any atom is 0.422 e. The predicted molar refractivity (Wildman–Crippen MR) is 103 cm³/mol. The van der Waals surface area contributed by atoms with Crippen LogP contribution in [0.2, 0.25) is 0 Å². The fourth-order valence-electron chi connectivity index (χ4n) is 2.08. The van der Waals surface area contributed by atoms with Crippen molar-refractivity contribution in [1.82, 2.24) is 15.0 Å². The number of hydrogen-bond acceptors (Lipinski definition) is 8. The minimum absolute atomic E-state index is 0.131. The van der Waals surface area contributed by atoms with Crippen LogP contribution in [0.4, 0.5) is 18.0 Å². The van der Waals surface area contributed by atoms with Gasteiger partial charge in [-0.3, -0.25) is 4.79 Å². The van der Waals surface area contributed by atoms with Gasteiger partial charge in [-0.25, -0.2) is 22.9 Å². The topological polar surface area (TPSA) is 133 Å². The first kappa shape index (κ1) is 24.9.